The fourth-order valence-electron chi connectivity index (χ4n) is 1.47. The lowest BCUT2D eigenvalue weighted by molar-refractivity contribution is 0.0951. The molecule has 0 unspecified atom stereocenters. The number of ether oxygens (including phenoxy) is 1. The zero-order valence-electron chi connectivity index (χ0n) is 9.39. The molecule has 0 heterocycles. The highest BCUT2D eigenvalue weighted by molar-refractivity contribution is 6.32. The van der Waals surface area contributed by atoms with E-state index in [4.69, 9.17) is 22.2 Å². The number of amides is 1. The van der Waals surface area contributed by atoms with Crippen LogP contribution in [-0.4, -0.2) is 5.91 Å². The van der Waals surface area contributed by atoms with E-state index < -0.39 is 5.91 Å². The average molecular weight is 263 g/mol. The maximum atomic E-state index is 11.6. The highest BCUT2D eigenvalue weighted by atomic mass is 35.5. The summed E-state index contributed by atoms with van der Waals surface area (Å²) in [5.74, 6) is 5.58. The highest BCUT2D eigenvalue weighted by Gasteiger charge is 2.12. The van der Waals surface area contributed by atoms with E-state index in [-0.39, 0.29) is 0 Å². The van der Waals surface area contributed by atoms with E-state index >= 15 is 0 Å². The van der Waals surface area contributed by atoms with Crippen LogP contribution in [0.3, 0.4) is 0 Å². The maximum absolute atomic E-state index is 11.6. The standard InChI is InChI=1S/C13H11ClN2O2/c14-10-6-2-4-8-12(10)18-11-7-3-1-5-9(11)13(17)16-15/h1-8H,15H2,(H,16,17). The number of para-hydroxylation sites is 2. The number of carbonyl (C=O) groups excluding carboxylic acids is 1. The van der Waals surface area contributed by atoms with E-state index in [1.54, 1.807) is 48.5 Å². The number of nitrogen functional groups attached to an aromatic ring is 1. The predicted molar refractivity (Wildman–Crippen MR) is 69.6 cm³/mol. The number of hydrazine groups is 1. The molecule has 0 aliphatic carbocycles. The van der Waals surface area contributed by atoms with Crippen molar-refractivity contribution in [3.63, 3.8) is 0 Å². The van der Waals surface area contributed by atoms with Crippen LogP contribution in [0, 0.1) is 0 Å². The van der Waals surface area contributed by atoms with Crippen LogP contribution in [0.5, 0.6) is 11.5 Å². The van der Waals surface area contributed by atoms with Crippen molar-refractivity contribution in [2.24, 2.45) is 5.84 Å². The first kappa shape index (κ1) is 12.4. The summed E-state index contributed by atoms with van der Waals surface area (Å²) in [6.45, 7) is 0. The molecule has 0 saturated heterocycles. The van der Waals surface area contributed by atoms with Crippen molar-refractivity contribution < 1.29 is 9.53 Å². The van der Waals surface area contributed by atoms with Crippen LogP contribution >= 0.6 is 11.6 Å². The van der Waals surface area contributed by atoms with Crippen LogP contribution < -0.4 is 16.0 Å². The third-order valence-corrected chi connectivity index (χ3v) is 2.63. The minimum atomic E-state index is -0.419. The average Bonchev–Trinajstić information content (AvgIpc) is 2.41. The second-order valence-electron chi connectivity index (χ2n) is 3.50. The van der Waals surface area contributed by atoms with Crippen LogP contribution in [0.2, 0.25) is 5.02 Å². The van der Waals surface area contributed by atoms with E-state index in [9.17, 15) is 4.79 Å². The summed E-state index contributed by atoms with van der Waals surface area (Å²) in [6.07, 6.45) is 0. The van der Waals surface area contributed by atoms with Gasteiger partial charge in [0.05, 0.1) is 10.6 Å². The molecule has 5 heteroatoms. The van der Waals surface area contributed by atoms with Crippen LogP contribution in [-0.2, 0) is 0 Å². The Morgan fingerprint density at radius 2 is 1.67 bits per heavy atom. The van der Waals surface area contributed by atoms with Crippen LogP contribution in [0.15, 0.2) is 48.5 Å². The molecule has 3 N–H and O–H groups in total. The van der Waals surface area contributed by atoms with Crippen molar-refractivity contribution in [3.8, 4) is 11.5 Å². The first-order valence-electron chi connectivity index (χ1n) is 5.24. The molecule has 0 aliphatic rings. The monoisotopic (exact) mass is 262 g/mol. The van der Waals surface area contributed by atoms with Crippen molar-refractivity contribution >= 4 is 17.5 Å². The molecule has 1 amide bonds. The molecule has 0 saturated carbocycles. The summed E-state index contributed by atoms with van der Waals surface area (Å²) in [6, 6.07) is 13.8. The van der Waals surface area contributed by atoms with Crippen molar-refractivity contribution in [1.29, 1.82) is 0 Å². The van der Waals surface area contributed by atoms with E-state index in [1.165, 1.54) is 0 Å². The molecule has 2 aromatic carbocycles. The number of nitrogens with one attached hydrogen (secondary N) is 1. The lowest BCUT2D eigenvalue weighted by Gasteiger charge is -2.10. The van der Waals surface area contributed by atoms with Gasteiger partial charge in [-0.05, 0) is 24.3 Å². The van der Waals surface area contributed by atoms with E-state index in [1.807, 2.05) is 0 Å². The molecule has 4 nitrogen and oxygen atoms in total. The van der Waals surface area contributed by atoms with E-state index in [0.717, 1.165) is 0 Å². The van der Waals surface area contributed by atoms with Gasteiger partial charge >= 0.3 is 0 Å². The number of carbonyl (C=O) groups is 1. The van der Waals surface area contributed by atoms with Gasteiger partial charge in [0.1, 0.15) is 11.5 Å². The molecule has 0 fully saturated rings. The Morgan fingerprint density at radius 3 is 2.33 bits per heavy atom. The third kappa shape index (κ3) is 2.61. The Labute approximate surface area is 109 Å². The molecule has 0 aromatic heterocycles. The fourth-order valence-corrected chi connectivity index (χ4v) is 1.64. The summed E-state index contributed by atoms with van der Waals surface area (Å²) in [5.41, 5.74) is 2.42. The minimum Gasteiger partial charge on any atom is -0.455 e. The van der Waals surface area contributed by atoms with Crippen molar-refractivity contribution in [1.82, 2.24) is 5.43 Å². The van der Waals surface area contributed by atoms with Gasteiger partial charge in [0.15, 0.2) is 0 Å². The lowest BCUT2D eigenvalue weighted by atomic mass is 10.2. The normalized spacial score (nSPS) is 9.89. The summed E-state index contributed by atoms with van der Waals surface area (Å²) in [5, 5.41) is 0.473. The first-order chi connectivity index (χ1) is 8.72. The SMILES string of the molecule is NNC(=O)c1ccccc1Oc1ccccc1Cl. The van der Waals surface area contributed by atoms with Gasteiger partial charge in [0.2, 0.25) is 0 Å². The maximum Gasteiger partial charge on any atom is 0.268 e. The summed E-state index contributed by atoms with van der Waals surface area (Å²) in [4.78, 5) is 11.6. The summed E-state index contributed by atoms with van der Waals surface area (Å²) in [7, 11) is 0. The molecule has 0 atom stereocenters. The quantitative estimate of drug-likeness (QED) is 0.508. The van der Waals surface area contributed by atoms with Gasteiger partial charge in [-0.1, -0.05) is 35.9 Å². The molecule has 2 aromatic rings. The Balaban J connectivity index is 2.35. The van der Waals surface area contributed by atoms with Gasteiger partial charge in [-0.3, -0.25) is 10.2 Å². The Hall–Kier alpha value is -2.04. The van der Waals surface area contributed by atoms with Crippen molar-refractivity contribution in [2.45, 2.75) is 0 Å². The number of hydrogen-bond acceptors (Lipinski definition) is 3. The van der Waals surface area contributed by atoms with Crippen LogP contribution in [0.25, 0.3) is 0 Å². The summed E-state index contributed by atoms with van der Waals surface area (Å²) < 4.78 is 5.61. The van der Waals surface area contributed by atoms with Crippen molar-refractivity contribution in [3.05, 3.63) is 59.1 Å². The van der Waals surface area contributed by atoms with Crippen molar-refractivity contribution in [2.75, 3.05) is 0 Å². The number of nitrogens with two attached hydrogens (primary N) is 1. The minimum absolute atomic E-state index is 0.347. The Bertz CT molecular complexity index is 572. The Kier molecular flexibility index (Phi) is 3.82. The van der Waals surface area contributed by atoms with Gasteiger partial charge in [0, 0.05) is 0 Å². The zero-order valence-corrected chi connectivity index (χ0v) is 10.1. The molecule has 0 aliphatic heterocycles. The molecular weight excluding hydrogens is 252 g/mol. The van der Waals surface area contributed by atoms with E-state index in [2.05, 4.69) is 5.43 Å². The summed E-state index contributed by atoms with van der Waals surface area (Å²) >= 11 is 5.99. The number of hydrogen-bond donors (Lipinski definition) is 2. The number of rotatable bonds is 3. The molecule has 0 spiro atoms. The predicted octanol–water partition coefficient (Wildman–Crippen LogP) is 2.74. The van der Waals surface area contributed by atoms with Crippen LogP contribution in [0.1, 0.15) is 10.4 Å². The molecule has 2 rings (SSSR count). The molecule has 0 radical (unpaired) electrons. The lowest BCUT2D eigenvalue weighted by Crippen LogP contribution is -2.30. The topological polar surface area (TPSA) is 64.3 Å². The second-order valence-corrected chi connectivity index (χ2v) is 3.91. The zero-order chi connectivity index (χ0) is 13.0. The van der Waals surface area contributed by atoms with Gasteiger partial charge in [-0.25, -0.2) is 5.84 Å². The largest absolute Gasteiger partial charge is 0.455 e. The fraction of sp³-hybridized carbons (Fsp3) is 0. The molecule has 92 valence electrons. The first-order valence-corrected chi connectivity index (χ1v) is 5.62. The third-order valence-electron chi connectivity index (χ3n) is 2.32. The van der Waals surface area contributed by atoms with Gasteiger partial charge < -0.3 is 4.74 Å². The van der Waals surface area contributed by atoms with E-state index in [0.29, 0.717) is 22.1 Å². The second kappa shape index (κ2) is 5.53. The van der Waals surface area contributed by atoms with Gasteiger partial charge in [-0.15, -0.1) is 0 Å². The highest BCUT2D eigenvalue weighted by Crippen LogP contribution is 2.30. The van der Waals surface area contributed by atoms with Gasteiger partial charge in [-0.2, -0.15) is 0 Å². The number of benzene rings is 2. The molecule has 0 bridgehead atoms. The smallest absolute Gasteiger partial charge is 0.268 e. The Morgan fingerprint density at radius 1 is 1.06 bits per heavy atom. The van der Waals surface area contributed by atoms with Gasteiger partial charge in [0.25, 0.3) is 5.91 Å². The molecular formula is C13H11ClN2O2. The number of halogens is 1. The molecule has 18 heavy (non-hydrogen) atoms. The van der Waals surface area contributed by atoms with Crippen LogP contribution in [0.4, 0.5) is 0 Å².